The van der Waals surface area contributed by atoms with Gasteiger partial charge in [-0.3, -0.25) is 9.69 Å². The molecule has 0 spiro atoms. The Morgan fingerprint density at radius 1 is 0.941 bits per heavy atom. The van der Waals surface area contributed by atoms with Gasteiger partial charge in [-0.05, 0) is 43.2 Å². The molecule has 5 heteroatoms. The Morgan fingerprint density at radius 3 is 2.41 bits per heavy atom. The molecule has 1 N–H and O–H groups in total. The first-order valence-corrected chi connectivity index (χ1v) is 12.3. The molecular formula is C29H33N3O2. The average molecular weight is 456 g/mol. The van der Waals surface area contributed by atoms with E-state index in [2.05, 4.69) is 65.4 Å². The summed E-state index contributed by atoms with van der Waals surface area (Å²) in [6, 6.07) is 24.6. The number of nitrogens with one attached hydrogen (secondary N) is 1. The molecular weight excluding hydrogens is 422 g/mol. The number of para-hydroxylation sites is 3. The normalized spacial score (nSPS) is 18.0. The second kappa shape index (κ2) is 9.90. The van der Waals surface area contributed by atoms with E-state index >= 15 is 0 Å². The van der Waals surface area contributed by atoms with Gasteiger partial charge in [-0.25, -0.2) is 0 Å². The van der Waals surface area contributed by atoms with Crippen LogP contribution in [0.1, 0.15) is 41.3 Å². The minimum atomic E-state index is -0.0994. The summed E-state index contributed by atoms with van der Waals surface area (Å²) in [6.45, 7) is 9.67. The predicted molar refractivity (Wildman–Crippen MR) is 138 cm³/mol. The number of anilines is 2. The zero-order valence-corrected chi connectivity index (χ0v) is 20.0. The third-order valence-corrected chi connectivity index (χ3v) is 6.73. The number of fused-ring (bicyclic) bond motifs is 1. The van der Waals surface area contributed by atoms with Crippen molar-refractivity contribution in [3.63, 3.8) is 0 Å². The molecule has 3 aromatic carbocycles. The van der Waals surface area contributed by atoms with Gasteiger partial charge in [-0.15, -0.1) is 0 Å². The van der Waals surface area contributed by atoms with Crippen molar-refractivity contribution in [1.82, 2.24) is 4.90 Å². The Hall–Kier alpha value is -3.31. The number of benzene rings is 3. The SMILES string of the molecule is CC(C)Oc1ccccc1N1CCN(Cc2ccc(C(=O)C3CNc4ccccc43)cc2)CC1. The minimum absolute atomic E-state index is 0.0994. The van der Waals surface area contributed by atoms with E-state index in [1.165, 1.54) is 11.3 Å². The number of piperazine rings is 1. The molecule has 5 rings (SSSR count). The Morgan fingerprint density at radius 2 is 1.65 bits per heavy atom. The van der Waals surface area contributed by atoms with Crippen LogP contribution in [0.15, 0.2) is 72.8 Å². The van der Waals surface area contributed by atoms with Crippen LogP contribution in [-0.2, 0) is 6.54 Å². The van der Waals surface area contributed by atoms with Crippen LogP contribution in [0.5, 0.6) is 5.75 Å². The number of carbonyl (C=O) groups excluding carboxylic acids is 1. The molecule has 0 aromatic heterocycles. The first kappa shape index (κ1) is 22.5. The number of ketones is 1. The first-order chi connectivity index (χ1) is 16.6. The van der Waals surface area contributed by atoms with Gasteiger partial charge in [0.15, 0.2) is 5.78 Å². The van der Waals surface area contributed by atoms with Gasteiger partial charge in [0.2, 0.25) is 0 Å². The van der Waals surface area contributed by atoms with Crippen LogP contribution in [0.4, 0.5) is 11.4 Å². The summed E-state index contributed by atoms with van der Waals surface area (Å²) in [5.41, 5.74) is 5.41. The highest BCUT2D eigenvalue weighted by Gasteiger charge is 2.29. The van der Waals surface area contributed by atoms with Crippen molar-refractivity contribution in [2.75, 3.05) is 42.9 Å². The van der Waals surface area contributed by atoms with Gasteiger partial charge in [0.25, 0.3) is 0 Å². The lowest BCUT2D eigenvalue weighted by molar-refractivity contribution is 0.0966. The highest BCUT2D eigenvalue weighted by Crippen LogP contribution is 2.33. The Balaban J connectivity index is 1.18. The third kappa shape index (κ3) is 4.80. The Bertz CT molecular complexity index is 1130. The molecule has 3 aromatic rings. The number of hydrogen-bond acceptors (Lipinski definition) is 5. The van der Waals surface area contributed by atoms with Crippen molar-refractivity contribution >= 4 is 17.2 Å². The molecule has 2 aliphatic heterocycles. The lowest BCUT2D eigenvalue weighted by Gasteiger charge is -2.37. The van der Waals surface area contributed by atoms with E-state index in [1.54, 1.807) is 0 Å². The van der Waals surface area contributed by atoms with Gasteiger partial charge < -0.3 is 15.0 Å². The average Bonchev–Trinajstić information content (AvgIpc) is 3.29. The van der Waals surface area contributed by atoms with Crippen molar-refractivity contribution in [2.45, 2.75) is 32.4 Å². The van der Waals surface area contributed by atoms with Crippen LogP contribution in [0.25, 0.3) is 0 Å². The second-order valence-corrected chi connectivity index (χ2v) is 9.48. The molecule has 0 bridgehead atoms. The number of hydrogen-bond donors (Lipinski definition) is 1. The fourth-order valence-electron chi connectivity index (χ4n) is 4.97. The Labute approximate surface area is 202 Å². The van der Waals surface area contributed by atoms with Crippen molar-refractivity contribution in [3.05, 3.63) is 89.5 Å². The third-order valence-electron chi connectivity index (χ3n) is 6.73. The maximum Gasteiger partial charge on any atom is 0.172 e. The zero-order valence-electron chi connectivity index (χ0n) is 20.0. The van der Waals surface area contributed by atoms with E-state index in [9.17, 15) is 4.79 Å². The number of Topliss-reactive ketones (excluding diaryl/α,β-unsaturated/α-hetero) is 1. The first-order valence-electron chi connectivity index (χ1n) is 12.3. The van der Waals surface area contributed by atoms with E-state index < -0.39 is 0 Å². The molecule has 34 heavy (non-hydrogen) atoms. The smallest absolute Gasteiger partial charge is 0.172 e. The Kier molecular flexibility index (Phi) is 6.54. The second-order valence-electron chi connectivity index (χ2n) is 9.48. The van der Waals surface area contributed by atoms with Crippen molar-refractivity contribution in [1.29, 1.82) is 0 Å². The fraction of sp³-hybridized carbons (Fsp3) is 0.345. The molecule has 0 saturated carbocycles. The molecule has 1 saturated heterocycles. The van der Waals surface area contributed by atoms with E-state index in [1.807, 2.05) is 36.4 Å². The minimum Gasteiger partial charge on any atom is -0.489 e. The fourth-order valence-corrected chi connectivity index (χ4v) is 4.97. The van der Waals surface area contributed by atoms with Crippen LogP contribution < -0.4 is 15.0 Å². The van der Waals surface area contributed by atoms with Gasteiger partial charge in [0.1, 0.15) is 5.75 Å². The largest absolute Gasteiger partial charge is 0.489 e. The topological polar surface area (TPSA) is 44.8 Å². The van der Waals surface area contributed by atoms with Crippen LogP contribution in [0.2, 0.25) is 0 Å². The van der Waals surface area contributed by atoms with Crippen LogP contribution in [-0.4, -0.2) is 49.5 Å². The van der Waals surface area contributed by atoms with E-state index in [-0.39, 0.29) is 17.8 Å². The maximum absolute atomic E-state index is 13.1. The number of rotatable bonds is 7. The summed E-state index contributed by atoms with van der Waals surface area (Å²) in [5, 5.41) is 3.35. The molecule has 5 nitrogen and oxygen atoms in total. The standard InChI is InChI=1S/C29H33N3O2/c1-21(2)34-28-10-6-5-9-27(28)32-17-15-31(16-18-32)20-22-11-13-23(14-12-22)29(33)25-19-30-26-8-4-3-7-24(25)26/h3-14,21,25,30H,15-20H2,1-2H3. The van der Waals surface area contributed by atoms with Crippen molar-refractivity contribution < 1.29 is 9.53 Å². The highest BCUT2D eigenvalue weighted by atomic mass is 16.5. The molecule has 1 unspecified atom stereocenters. The lowest BCUT2D eigenvalue weighted by Crippen LogP contribution is -2.46. The van der Waals surface area contributed by atoms with Gasteiger partial charge in [0, 0.05) is 50.5 Å². The molecule has 0 amide bonds. The van der Waals surface area contributed by atoms with Crippen LogP contribution in [0.3, 0.4) is 0 Å². The molecule has 0 aliphatic carbocycles. The van der Waals surface area contributed by atoms with Crippen molar-refractivity contribution in [2.24, 2.45) is 0 Å². The molecule has 2 heterocycles. The quantitative estimate of drug-likeness (QED) is 0.497. The predicted octanol–water partition coefficient (Wildman–Crippen LogP) is 5.19. The summed E-state index contributed by atoms with van der Waals surface area (Å²) >= 11 is 0. The molecule has 2 aliphatic rings. The van der Waals surface area contributed by atoms with Gasteiger partial charge in [-0.1, -0.05) is 54.6 Å². The van der Waals surface area contributed by atoms with E-state index in [0.717, 1.165) is 55.3 Å². The zero-order chi connectivity index (χ0) is 23.5. The summed E-state index contributed by atoms with van der Waals surface area (Å²) < 4.78 is 6.02. The summed E-state index contributed by atoms with van der Waals surface area (Å²) in [7, 11) is 0. The summed E-state index contributed by atoms with van der Waals surface area (Å²) in [5.74, 6) is 1.06. The molecule has 176 valence electrons. The van der Waals surface area contributed by atoms with E-state index in [4.69, 9.17) is 4.74 Å². The van der Waals surface area contributed by atoms with Gasteiger partial charge in [-0.2, -0.15) is 0 Å². The molecule has 0 radical (unpaired) electrons. The van der Waals surface area contributed by atoms with Gasteiger partial charge in [0.05, 0.1) is 17.7 Å². The van der Waals surface area contributed by atoms with Crippen molar-refractivity contribution in [3.8, 4) is 5.75 Å². The lowest BCUT2D eigenvalue weighted by atomic mass is 9.92. The van der Waals surface area contributed by atoms with E-state index in [0.29, 0.717) is 6.54 Å². The summed E-state index contributed by atoms with van der Waals surface area (Å²) in [4.78, 5) is 18.0. The maximum atomic E-state index is 13.1. The number of ether oxygens (including phenoxy) is 1. The highest BCUT2D eigenvalue weighted by molar-refractivity contribution is 6.03. The summed E-state index contributed by atoms with van der Waals surface area (Å²) in [6.07, 6.45) is 0.164. The monoisotopic (exact) mass is 455 g/mol. The number of carbonyl (C=O) groups is 1. The van der Waals surface area contributed by atoms with Gasteiger partial charge >= 0.3 is 0 Å². The number of nitrogens with zero attached hydrogens (tertiary/aromatic N) is 2. The van der Waals surface area contributed by atoms with Crippen LogP contribution >= 0.6 is 0 Å². The molecule has 1 fully saturated rings. The van der Waals surface area contributed by atoms with Crippen LogP contribution in [0, 0.1) is 0 Å². The molecule has 1 atom stereocenters.